The summed E-state index contributed by atoms with van der Waals surface area (Å²) in [5.74, 6) is 0. The van der Waals surface area contributed by atoms with Gasteiger partial charge in [0.15, 0.2) is 0 Å². The molecule has 2 nitrogen and oxygen atoms in total. The number of nitrogens with zero attached hydrogens (tertiary/aromatic N) is 2. The quantitative estimate of drug-likeness (QED) is 0.192. The monoisotopic (exact) mass is 625 g/mol. The minimum atomic E-state index is 0. The van der Waals surface area contributed by atoms with Crippen molar-refractivity contribution >= 4 is 27.0 Å². The van der Waals surface area contributed by atoms with Crippen molar-refractivity contribution in [2.45, 2.75) is 20.3 Å². The normalized spacial score (nSPS) is 11.4. The van der Waals surface area contributed by atoms with E-state index >= 15 is 0 Å². The molecule has 0 fully saturated rings. The Labute approximate surface area is 213 Å². The van der Waals surface area contributed by atoms with Crippen LogP contribution in [0.1, 0.15) is 35.1 Å². The second-order valence-corrected chi connectivity index (χ2v) is 8.87. The molecule has 164 valence electrons. The Balaban J connectivity index is 0.00000259. The van der Waals surface area contributed by atoms with E-state index in [9.17, 15) is 0 Å². The van der Waals surface area contributed by atoms with Crippen LogP contribution >= 0.6 is 11.3 Å². The van der Waals surface area contributed by atoms with Crippen LogP contribution in [0.2, 0.25) is 0 Å². The van der Waals surface area contributed by atoms with Crippen LogP contribution in [-0.4, -0.2) is 9.97 Å². The number of hydrogen-bond acceptors (Lipinski definition) is 3. The molecule has 0 N–H and O–H groups in total. The van der Waals surface area contributed by atoms with Gasteiger partial charge in [-0.2, -0.15) is 0 Å². The van der Waals surface area contributed by atoms with E-state index in [1.807, 2.05) is 24.3 Å². The van der Waals surface area contributed by atoms with Crippen molar-refractivity contribution in [3.05, 3.63) is 125 Å². The van der Waals surface area contributed by atoms with E-state index in [4.69, 9.17) is 9.97 Å². The third kappa shape index (κ3) is 5.38. The third-order valence-corrected chi connectivity index (χ3v) is 6.50. The predicted molar refractivity (Wildman–Crippen MR) is 134 cm³/mol. The molecule has 0 amide bonds. The smallest absolute Gasteiger partial charge is 0.300 e. The van der Waals surface area contributed by atoms with Crippen molar-refractivity contribution in [1.29, 1.82) is 0 Å². The van der Waals surface area contributed by atoms with Gasteiger partial charge >= 0.3 is 21.1 Å². The molecule has 5 aromatic rings. The molecular weight excluding hydrogens is 603 g/mol. The molecule has 0 aliphatic rings. The largest absolute Gasteiger partial charge is 2.00 e. The van der Waals surface area contributed by atoms with E-state index < -0.39 is 0 Å². The summed E-state index contributed by atoms with van der Waals surface area (Å²) in [6, 6.07) is 32.4. The van der Waals surface area contributed by atoms with Gasteiger partial charge in [0, 0.05) is 23.5 Å². The summed E-state index contributed by atoms with van der Waals surface area (Å²) in [5.41, 5.74) is 7.25. The summed E-state index contributed by atoms with van der Waals surface area (Å²) in [4.78, 5) is 10.9. The van der Waals surface area contributed by atoms with E-state index in [1.54, 1.807) is 11.3 Å². The maximum absolute atomic E-state index is 4.90. The summed E-state index contributed by atoms with van der Waals surface area (Å²) >= 11 is 1.73. The van der Waals surface area contributed by atoms with E-state index in [0.717, 1.165) is 44.2 Å². The molecule has 0 saturated heterocycles. The zero-order chi connectivity index (χ0) is 21.9. The van der Waals surface area contributed by atoms with Crippen molar-refractivity contribution in [2.24, 2.45) is 0 Å². The first-order valence-corrected chi connectivity index (χ1v) is 11.5. The summed E-state index contributed by atoms with van der Waals surface area (Å²) in [7, 11) is 0. The maximum Gasteiger partial charge on any atom is 2.00 e. The van der Waals surface area contributed by atoms with Crippen molar-refractivity contribution in [1.82, 2.24) is 9.97 Å². The molecule has 0 aliphatic carbocycles. The first-order chi connectivity index (χ1) is 15.7. The average molecular weight is 626 g/mol. The number of aromatic nitrogens is 2. The van der Waals surface area contributed by atoms with Crippen LogP contribution in [0.3, 0.4) is 0 Å². The molecule has 5 rings (SSSR count). The number of pyridine rings is 2. The van der Waals surface area contributed by atoms with Gasteiger partial charge < -0.3 is 4.98 Å². The van der Waals surface area contributed by atoms with Gasteiger partial charge in [0.25, 0.3) is 0 Å². The zero-order valence-electron chi connectivity index (χ0n) is 18.4. The SMILES string of the molecule is CC(=[C-]c1ccccc1C)c1cccc(Cc2cccc(-c3[c-]c4ccccc4s3)n2)n1.[Pt+2]. The number of thiophene rings is 1. The van der Waals surface area contributed by atoms with Gasteiger partial charge in [-0.1, -0.05) is 56.3 Å². The van der Waals surface area contributed by atoms with Crippen LogP contribution in [0.4, 0.5) is 0 Å². The fraction of sp³-hybridized carbons (Fsp3) is 0.103. The second-order valence-electron chi connectivity index (χ2n) is 7.82. The molecule has 0 aliphatic heterocycles. The van der Waals surface area contributed by atoms with Crippen LogP contribution in [0.5, 0.6) is 0 Å². The molecule has 0 bridgehead atoms. The summed E-state index contributed by atoms with van der Waals surface area (Å²) < 4.78 is 1.23. The van der Waals surface area contributed by atoms with Crippen molar-refractivity contribution in [2.75, 3.05) is 0 Å². The van der Waals surface area contributed by atoms with E-state index in [0.29, 0.717) is 6.42 Å². The maximum atomic E-state index is 4.90. The van der Waals surface area contributed by atoms with Crippen molar-refractivity contribution in [3.63, 3.8) is 0 Å². The van der Waals surface area contributed by atoms with Crippen LogP contribution in [0.15, 0.2) is 84.9 Å². The Hall–Kier alpha value is -2.87. The molecule has 2 aromatic carbocycles. The minimum absolute atomic E-state index is 0. The molecule has 0 radical (unpaired) electrons. The Morgan fingerprint density at radius 1 is 0.848 bits per heavy atom. The van der Waals surface area contributed by atoms with Crippen LogP contribution in [0.25, 0.3) is 26.2 Å². The first-order valence-electron chi connectivity index (χ1n) is 10.7. The fourth-order valence-electron chi connectivity index (χ4n) is 3.69. The molecule has 3 aromatic heterocycles. The first kappa shape index (κ1) is 23.3. The number of allylic oxidation sites excluding steroid dienone is 1. The van der Waals surface area contributed by atoms with Crippen molar-refractivity contribution < 1.29 is 21.1 Å². The Kier molecular flexibility index (Phi) is 7.32. The number of rotatable bonds is 5. The predicted octanol–water partition coefficient (Wildman–Crippen LogP) is 7.31. The van der Waals surface area contributed by atoms with Crippen molar-refractivity contribution in [3.8, 4) is 10.6 Å². The summed E-state index contributed by atoms with van der Waals surface area (Å²) in [5, 5.41) is 1.14. The van der Waals surface area contributed by atoms with Gasteiger partial charge in [0.2, 0.25) is 0 Å². The molecule has 4 heteroatoms. The van der Waals surface area contributed by atoms with E-state index in [-0.39, 0.29) is 21.1 Å². The van der Waals surface area contributed by atoms with E-state index in [1.165, 1.54) is 10.3 Å². The summed E-state index contributed by atoms with van der Waals surface area (Å²) in [6.07, 6.45) is 4.18. The van der Waals surface area contributed by atoms with Gasteiger partial charge in [0.1, 0.15) is 0 Å². The van der Waals surface area contributed by atoms with Gasteiger partial charge in [-0.25, -0.2) is 11.3 Å². The fourth-order valence-corrected chi connectivity index (χ4v) is 4.66. The third-order valence-electron chi connectivity index (χ3n) is 5.41. The molecule has 0 unspecified atom stereocenters. The molecule has 33 heavy (non-hydrogen) atoms. The van der Waals surface area contributed by atoms with Crippen LogP contribution in [0, 0.1) is 19.1 Å². The van der Waals surface area contributed by atoms with Gasteiger partial charge in [-0.05, 0) is 27.4 Å². The number of fused-ring (bicyclic) bond motifs is 1. The molecule has 0 saturated carbocycles. The topological polar surface area (TPSA) is 25.8 Å². The molecule has 0 spiro atoms. The van der Waals surface area contributed by atoms with Gasteiger partial charge in [0.05, 0.1) is 0 Å². The summed E-state index contributed by atoms with van der Waals surface area (Å²) in [6.45, 7) is 4.17. The number of aryl methyl sites for hydroxylation is 1. The standard InChI is InChI=1S/C29H22N2S.Pt/c1-20-9-3-4-10-22(20)17-21(2)26-14-7-12-24(30-26)19-25-13-8-15-27(31-25)29-18-23-11-5-6-16-28(23)32-29;/h3-16H,19H2,1-2H3;/q-2;+2. The van der Waals surface area contributed by atoms with Crippen LogP contribution in [-0.2, 0) is 27.5 Å². The Bertz CT molecular complexity index is 1400. The molecule has 0 atom stereocenters. The number of hydrogen-bond donors (Lipinski definition) is 0. The Morgan fingerprint density at radius 2 is 1.58 bits per heavy atom. The molecular formula is C29H22N2PtS. The van der Waals surface area contributed by atoms with E-state index in [2.05, 4.69) is 86.7 Å². The molecule has 3 heterocycles. The zero-order valence-corrected chi connectivity index (χ0v) is 21.5. The van der Waals surface area contributed by atoms with Gasteiger partial charge in [-0.3, -0.25) is 4.98 Å². The van der Waals surface area contributed by atoms with Crippen LogP contribution < -0.4 is 0 Å². The number of benzene rings is 2. The minimum Gasteiger partial charge on any atom is -0.300 e. The Morgan fingerprint density at radius 3 is 2.39 bits per heavy atom. The second kappa shape index (κ2) is 10.4. The van der Waals surface area contributed by atoms with Gasteiger partial charge in [-0.15, -0.1) is 64.6 Å². The average Bonchev–Trinajstić information content (AvgIpc) is 3.25.